The van der Waals surface area contributed by atoms with E-state index in [0.29, 0.717) is 15.6 Å². The second kappa shape index (κ2) is 5.42. The summed E-state index contributed by atoms with van der Waals surface area (Å²) >= 11 is 3.23. The first-order valence-electron chi connectivity index (χ1n) is 4.38. The van der Waals surface area contributed by atoms with Gasteiger partial charge in [-0.3, -0.25) is 4.79 Å². The first-order chi connectivity index (χ1) is 7.58. The zero-order valence-corrected chi connectivity index (χ0v) is 10.1. The molecule has 0 radical (unpaired) electrons. The number of halogens is 1. The van der Waals surface area contributed by atoms with E-state index in [1.807, 2.05) is 6.07 Å². The van der Waals surface area contributed by atoms with Crippen LogP contribution in [0.4, 0.5) is 0 Å². The molecular formula is C11H8BrNO3. The molecule has 82 valence electrons. The van der Waals surface area contributed by atoms with Crippen molar-refractivity contribution in [2.45, 2.75) is 6.42 Å². The topological polar surface area (TPSA) is 67.2 Å². The number of ether oxygens (including phenoxy) is 1. The number of rotatable bonds is 3. The number of benzene rings is 1. The van der Waals surface area contributed by atoms with Crippen LogP contribution in [0, 0.1) is 11.3 Å². The Morgan fingerprint density at radius 1 is 1.50 bits per heavy atom. The van der Waals surface area contributed by atoms with Crippen molar-refractivity contribution < 1.29 is 14.3 Å². The molecule has 0 N–H and O–H groups in total. The zero-order valence-electron chi connectivity index (χ0n) is 8.49. The van der Waals surface area contributed by atoms with E-state index in [2.05, 4.69) is 20.7 Å². The Hall–Kier alpha value is -1.67. The van der Waals surface area contributed by atoms with Gasteiger partial charge >= 0.3 is 5.97 Å². The van der Waals surface area contributed by atoms with Gasteiger partial charge in [0.1, 0.15) is 0 Å². The molecule has 1 aromatic carbocycles. The summed E-state index contributed by atoms with van der Waals surface area (Å²) < 4.78 is 4.94. The summed E-state index contributed by atoms with van der Waals surface area (Å²) in [5.41, 5.74) is 1.13. The standard InChI is InChI=1S/C11H8BrNO3/c1-16-11(15)10(14)5-8-3-2-7(6-13)4-9(8)12/h2-4H,5H2,1H3. The fraction of sp³-hybridized carbons (Fsp3) is 0.182. The van der Waals surface area contributed by atoms with Crippen LogP contribution in [0.5, 0.6) is 0 Å². The first-order valence-corrected chi connectivity index (χ1v) is 5.17. The molecule has 16 heavy (non-hydrogen) atoms. The van der Waals surface area contributed by atoms with Crippen LogP contribution in [0.1, 0.15) is 11.1 Å². The zero-order chi connectivity index (χ0) is 12.1. The van der Waals surface area contributed by atoms with E-state index < -0.39 is 11.8 Å². The van der Waals surface area contributed by atoms with Gasteiger partial charge in [-0.1, -0.05) is 22.0 Å². The Kier molecular flexibility index (Phi) is 4.20. The van der Waals surface area contributed by atoms with Gasteiger partial charge < -0.3 is 4.74 Å². The van der Waals surface area contributed by atoms with Gasteiger partial charge in [0.05, 0.1) is 18.7 Å². The minimum absolute atomic E-state index is 0.0427. The predicted molar refractivity (Wildman–Crippen MR) is 59.6 cm³/mol. The van der Waals surface area contributed by atoms with Crippen molar-refractivity contribution in [1.29, 1.82) is 5.26 Å². The second-order valence-corrected chi connectivity index (χ2v) is 3.86. The molecule has 1 rings (SSSR count). The van der Waals surface area contributed by atoms with Gasteiger partial charge in [-0.15, -0.1) is 0 Å². The Bertz CT molecular complexity index is 477. The maximum Gasteiger partial charge on any atom is 0.374 e. The lowest BCUT2D eigenvalue weighted by atomic mass is 10.1. The molecular weight excluding hydrogens is 274 g/mol. The fourth-order valence-electron chi connectivity index (χ4n) is 1.12. The number of carbonyl (C=O) groups excluding carboxylic acids is 2. The molecule has 0 amide bonds. The molecule has 0 aliphatic carbocycles. The normalized spacial score (nSPS) is 9.31. The van der Waals surface area contributed by atoms with Crippen LogP contribution in [0.2, 0.25) is 0 Å². The summed E-state index contributed by atoms with van der Waals surface area (Å²) in [6.45, 7) is 0. The van der Waals surface area contributed by atoms with E-state index in [1.165, 1.54) is 0 Å². The molecule has 0 bridgehead atoms. The van der Waals surface area contributed by atoms with Crippen LogP contribution in [0.15, 0.2) is 22.7 Å². The molecule has 0 fully saturated rings. The summed E-state index contributed by atoms with van der Waals surface area (Å²) in [4.78, 5) is 22.2. The van der Waals surface area contributed by atoms with Crippen molar-refractivity contribution in [2.75, 3.05) is 7.11 Å². The average molecular weight is 282 g/mol. The van der Waals surface area contributed by atoms with Crippen molar-refractivity contribution in [3.05, 3.63) is 33.8 Å². The van der Waals surface area contributed by atoms with Crippen molar-refractivity contribution in [3.63, 3.8) is 0 Å². The number of nitriles is 1. The highest BCUT2D eigenvalue weighted by Gasteiger charge is 2.15. The van der Waals surface area contributed by atoms with Gasteiger partial charge in [0.15, 0.2) is 0 Å². The maximum absolute atomic E-state index is 11.3. The van der Waals surface area contributed by atoms with Gasteiger partial charge in [-0.25, -0.2) is 4.79 Å². The molecule has 0 heterocycles. The second-order valence-electron chi connectivity index (χ2n) is 3.01. The van der Waals surface area contributed by atoms with Crippen molar-refractivity contribution in [1.82, 2.24) is 0 Å². The van der Waals surface area contributed by atoms with E-state index in [0.717, 1.165) is 7.11 Å². The number of methoxy groups -OCH3 is 1. The Labute approximate surface area is 101 Å². The minimum atomic E-state index is -0.865. The molecule has 5 heteroatoms. The number of esters is 1. The molecule has 0 aromatic heterocycles. The molecule has 4 nitrogen and oxygen atoms in total. The molecule has 0 unspecified atom stereocenters. The molecule has 0 aliphatic rings. The van der Waals surface area contributed by atoms with Crippen molar-refractivity contribution in [2.24, 2.45) is 0 Å². The van der Waals surface area contributed by atoms with Crippen LogP contribution < -0.4 is 0 Å². The molecule has 0 saturated heterocycles. The van der Waals surface area contributed by atoms with Crippen LogP contribution >= 0.6 is 15.9 Å². The van der Waals surface area contributed by atoms with Gasteiger partial charge in [0, 0.05) is 10.9 Å². The van der Waals surface area contributed by atoms with E-state index in [4.69, 9.17) is 5.26 Å². The highest BCUT2D eigenvalue weighted by atomic mass is 79.9. The van der Waals surface area contributed by atoms with E-state index in [1.54, 1.807) is 18.2 Å². The van der Waals surface area contributed by atoms with E-state index >= 15 is 0 Å². The van der Waals surface area contributed by atoms with Crippen LogP contribution in [0.3, 0.4) is 0 Å². The fourth-order valence-corrected chi connectivity index (χ4v) is 1.64. The third-order valence-corrected chi connectivity index (χ3v) is 2.68. The number of hydrogen-bond acceptors (Lipinski definition) is 4. The SMILES string of the molecule is COC(=O)C(=O)Cc1ccc(C#N)cc1Br. The number of carbonyl (C=O) groups is 2. The summed E-state index contributed by atoms with van der Waals surface area (Å²) in [6, 6.07) is 6.79. The minimum Gasteiger partial charge on any atom is -0.463 e. The summed E-state index contributed by atoms with van der Waals surface area (Å²) in [5.74, 6) is -1.48. The van der Waals surface area contributed by atoms with Crippen LogP contribution in [0.25, 0.3) is 0 Å². The number of nitrogens with zero attached hydrogens (tertiary/aromatic N) is 1. The van der Waals surface area contributed by atoms with Crippen molar-refractivity contribution in [3.8, 4) is 6.07 Å². The quantitative estimate of drug-likeness (QED) is 0.624. The predicted octanol–water partition coefficient (Wildman–Crippen LogP) is 1.61. The summed E-state index contributed by atoms with van der Waals surface area (Å²) in [6.07, 6.45) is -0.0427. The lowest BCUT2D eigenvalue weighted by molar-refractivity contribution is -0.151. The maximum atomic E-state index is 11.3. The van der Waals surface area contributed by atoms with Crippen molar-refractivity contribution >= 4 is 27.7 Å². The van der Waals surface area contributed by atoms with Crippen LogP contribution in [-0.4, -0.2) is 18.9 Å². The number of Topliss-reactive ketones (excluding diaryl/α,β-unsaturated/α-hetero) is 1. The number of hydrogen-bond donors (Lipinski definition) is 0. The molecule has 0 aliphatic heterocycles. The van der Waals surface area contributed by atoms with Gasteiger partial charge in [0.25, 0.3) is 0 Å². The molecule has 0 atom stereocenters. The third kappa shape index (κ3) is 2.91. The smallest absolute Gasteiger partial charge is 0.374 e. The lowest BCUT2D eigenvalue weighted by Crippen LogP contribution is -2.17. The van der Waals surface area contributed by atoms with Gasteiger partial charge in [-0.2, -0.15) is 5.26 Å². The van der Waals surface area contributed by atoms with Crippen LogP contribution in [-0.2, 0) is 20.7 Å². The third-order valence-electron chi connectivity index (χ3n) is 1.95. The lowest BCUT2D eigenvalue weighted by Gasteiger charge is -2.03. The van der Waals surface area contributed by atoms with E-state index in [-0.39, 0.29) is 6.42 Å². The average Bonchev–Trinajstić information content (AvgIpc) is 2.30. The number of ketones is 1. The van der Waals surface area contributed by atoms with E-state index in [9.17, 15) is 9.59 Å². The highest BCUT2D eigenvalue weighted by molar-refractivity contribution is 9.10. The van der Waals surface area contributed by atoms with Gasteiger partial charge in [0.2, 0.25) is 5.78 Å². The highest BCUT2D eigenvalue weighted by Crippen LogP contribution is 2.19. The molecule has 0 saturated carbocycles. The first kappa shape index (κ1) is 12.4. The monoisotopic (exact) mass is 281 g/mol. The molecule has 0 spiro atoms. The Morgan fingerprint density at radius 2 is 2.19 bits per heavy atom. The summed E-state index contributed by atoms with van der Waals surface area (Å²) in [7, 11) is 1.16. The van der Waals surface area contributed by atoms with Gasteiger partial charge in [-0.05, 0) is 17.7 Å². The largest absolute Gasteiger partial charge is 0.463 e. The Balaban J connectivity index is 2.87. The Morgan fingerprint density at radius 3 is 2.69 bits per heavy atom. The summed E-state index contributed by atoms with van der Waals surface area (Å²) in [5, 5.41) is 8.65. The molecule has 1 aromatic rings.